The fourth-order valence-electron chi connectivity index (χ4n) is 1.96. The first-order chi connectivity index (χ1) is 9.51. The summed E-state index contributed by atoms with van der Waals surface area (Å²) >= 11 is 0. The van der Waals surface area contributed by atoms with Crippen LogP contribution in [0.15, 0.2) is 30.3 Å². The number of benzene rings is 1. The highest BCUT2D eigenvalue weighted by molar-refractivity contribution is 6.08. The third-order valence-electron chi connectivity index (χ3n) is 3.05. The third kappa shape index (κ3) is 2.88. The molecule has 1 heterocycles. The second kappa shape index (κ2) is 5.61. The van der Waals surface area contributed by atoms with E-state index < -0.39 is 5.97 Å². The number of aryl methyl sites for hydroxylation is 1. The number of H-pyrrole nitrogens is 1. The zero-order valence-electron chi connectivity index (χ0n) is 11.3. The highest BCUT2D eigenvalue weighted by Gasteiger charge is 2.15. The van der Waals surface area contributed by atoms with Gasteiger partial charge in [0.1, 0.15) is 5.75 Å². The normalized spacial score (nSPS) is 10.3. The van der Waals surface area contributed by atoms with Crippen LogP contribution in [-0.2, 0) is 11.2 Å². The Morgan fingerprint density at radius 1 is 1.25 bits per heavy atom. The van der Waals surface area contributed by atoms with E-state index in [0.29, 0.717) is 22.7 Å². The number of hydrogen-bond acceptors (Lipinski definition) is 3. The number of aromatic amines is 1. The van der Waals surface area contributed by atoms with Gasteiger partial charge in [0, 0.05) is 11.3 Å². The van der Waals surface area contributed by atoms with Gasteiger partial charge in [-0.3, -0.25) is 9.59 Å². The number of rotatable bonds is 5. The van der Waals surface area contributed by atoms with Crippen molar-refractivity contribution in [1.29, 1.82) is 0 Å². The first-order valence-corrected chi connectivity index (χ1v) is 6.10. The molecule has 1 aromatic heterocycles. The summed E-state index contributed by atoms with van der Waals surface area (Å²) in [5, 5.41) is 8.80. The highest BCUT2D eigenvalue weighted by Crippen LogP contribution is 2.17. The van der Waals surface area contributed by atoms with E-state index in [2.05, 4.69) is 4.98 Å². The maximum Gasteiger partial charge on any atom is 0.309 e. The van der Waals surface area contributed by atoms with Crippen LogP contribution in [0.2, 0.25) is 0 Å². The number of ether oxygens (including phenoxy) is 1. The van der Waals surface area contributed by atoms with Gasteiger partial charge in [0.25, 0.3) is 0 Å². The summed E-state index contributed by atoms with van der Waals surface area (Å²) in [4.78, 5) is 25.9. The molecule has 2 N–H and O–H groups in total. The van der Waals surface area contributed by atoms with Gasteiger partial charge in [-0.15, -0.1) is 0 Å². The Bertz CT molecular complexity index is 640. The monoisotopic (exact) mass is 273 g/mol. The molecule has 2 rings (SSSR count). The molecule has 0 bridgehead atoms. The minimum Gasteiger partial charge on any atom is -0.497 e. The first kappa shape index (κ1) is 13.9. The Balaban J connectivity index is 2.26. The summed E-state index contributed by atoms with van der Waals surface area (Å²) < 4.78 is 5.04. The number of methoxy groups -OCH3 is 1. The van der Waals surface area contributed by atoms with Gasteiger partial charge in [0.2, 0.25) is 5.78 Å². The fourth-order valence-corrected chi connectivity index (χ4v) is 1.96. The number of hydrogen-bond donors (Lipinski definition) is 2. The average Bonchev–Trinajstić information content (AvgIpc) is 2.79. The number of ketones is 1. The maximum atomic E-state index is 12.3. The number of carboxylic acids is 1. The Morgan fingerprint density at radius 2 is 1.90 bits per heavy atom. The number of carbonyl (C=O) groups excluding carboxylic acids is 1. The van der Waals surface area contributed by atoms with Crippen molar-refractivity contribution in [3.05, 3.63) is 52.8 Å². The lowest BCUT2D eigenvalue weighted by Crippen LogP contribution is -2.04. The number of aliphatic carboxylic acids is 1. The molecule has 0 aliphatic rings. The van der Waals surface area contributed by atoms with E-state index in [-0.39, 0.29) is 12.2 Å². The largest absolute Gasteiger partial charge is 0.497 e. The van der Waals surface area contributed by atoms with Crippen molar-refractivity contribution in [3.8, 4) is 5.75 Å². The second-order valence-corrected chi connectivity index (χ2v) is 4.47. The van der Waals surface area contributed by atoms with Crippen LogP contribution in [0.4, 0.5) is 0 Å². The number of aromatic nitrogens is 1. The van der Waals surface area contributed by atoms with Gasteiger partial charge in [-0.25, -0.2) is 0 Å². The summed E-state index contributed by atoms with van der Waals surface area (Å²) in [6, 6.07) is 8.44. The Kier molecular flexibility index (Phi) is 3.89. The van der Waals surface area contributed by atoms with Crippen molar-refractivity contribution < 1.29 is 19.4 Å². The van der Waals surface area contributed by atoms with Gasteiger partial charge in [-0.2, -0.15) is 0 Å². The molecule has 0 atom stereocenters. The average molecular weight is 273 g/mol. The number of carboxylic acid groups (broad SMARTS) is 1. The van der Waals surface area contributed by atoms with Crippen LogP contribution in [0.3, 0.4) is 0 Å². The minimum absolute atomic E-state index is 0.123. The molecule has 5 nitrogen and oxygen atoms in total. The van der Waals surface area contributed by atoms with Gasteiger partial charge >= 0.3 is 5.97 Å². The van der Waals surface area contributed by atoms with Crippen LogP contribution < -0.4 is 4.74 Å². The van der Waals surface area contributed by atoms with E-state index in [1.807, 2.05) is 0 Å². The Morgan fingerprint density at radius 3 is 2.45 bits per heavy atom. The first-order valence-electron chi connectivity index (χ1n) is 6.10. The third-order valence-corrected chi connectivity index (χ3v) is 3.05. The summed E-state index contributed by atoms with van der Waals surface area (Å²) in [5.41, 5.74) is 2.23. The molecule has 0 radical (unpaired) electrons. The van der Waals surface area contributed by atoms with Crippen molar-refractivity contribution in [2.45, 2.75) is 13.3 Å². The molecule has 0 amide bonds. The summed E-state index contributed by atoms with van der Waals surface area (Å²) in [6.07, 6.45) is -0.123. The lowest BCUT2D eigenvalue weighted by molar-refractivity contribution is -0.136. The Hall–Kier alpha value is -2.56. The van der Waals surface area contributed by atoms with Crippen LogP contribution in [-0.4, -0.2) is 29.0 Å². The summed E-state index contributed by atoms with van der Waals surface area (Å²) in [5.74, 6) is -0.429. The van der Waals surface area contributed by atoms with Crippen molar-refractivity contribution in [2.75, 3.05) is 7.11 Å². The maximum absolute atomic E-state index is 12.3. The van der Waals surface area contributed by atoms with Crippen LogP contribution in [0, 0.1) is 6.92 Å². The molecule has 0 saturated carbocycles. The number of carbonyl (C=O) groups is 2. The molecule has 0 fully saturated rings. The van der Waals surface area contributed by atoms with Gasteiger partial charge < -0.3 is 14.8 Å². The van der Waals surface area contributed by atoms with Gasteiger partial charge in [0.05, 0.1) is 19.2 Å². The molecule has 2 aromatic rings. The van der Waals surface area contributed by atoms with Gasteiger partial charge in [-0.1, -0.05) is 0 Å². The van der Waals surface area contributed by atoms with Gasteiger partial charge in [-0.05, 0) is 42.8 Å². The lowest BCUT2D eigenvalue weighted by Gasteiger charge is -2.01. The summed E-state index contributed by atoms with van der Waals surface area (Å²) in [7, 11) is 1.56. The van der Waals surface area contributed by atoms with Crippen LogP contribution >= 0.6 is 0 Å². The fraction of sp³-hybridized carbons (Fsp3) is 0.200. The molecule has 1 aromatic carbocycles. The van der Waals surface area contributed by atoms with Crippen LogP contribution in [0.5, 0.6) is 5.75 Å². The molecule has 0 aliphatic heterocycles. The molecule has 0 aliphatic carbocycles. The van der Waals surface area contributed by atoms with E-state index in [4.69, 9.17) is 9.84 Å². The molecule has 0 spiro atoms. The van der Waals surface area contributed by atoms with E-state index >= 15 is 0 Å². The minimum atomic E-state index is -0.932. The zero-order valence-corrected chi connectivity index (χ0v) is 11.3. The molecule has 0 saturated heterocycles. The van der Waals surface area contributed by atoms with Gasteiger partial charge in [0.15, 0.2) is 0 Å². The molecular formula is C15H15NO4. The van der Waals surface area contributed by atoms with Crippen molar-refractivity contribution in [2.24, 2.45) is 0 Å². The van der Waals surface area contributed by atoms with E-state index in [1.165, 1.54) is 0 Å². The SMILES string of the molecule is COc1ccc(C(=O)c2cc(C)c(CC(=O)O)[nH]2)cc1. The summed E-state index contributed by atoms with van der Waals surface area (Å²) in [6.45, 7) is 1.78. The second-order valence-electron chi connectivity index (χ2n) is 4.47. The topological polar surface area (TPSA) is 79.4 Å². The van der Waals surface area contributed by atoms with E-state index in [9.17, 15) is 9.59 Å². The molecule has 20 heavy (non-hydrogen) atoms. The quantitative estimate of drug-likeness (QED) is 0.818. The van der Waals surface area contributed by atoms with Crippen molar-refractivity contribution in [1.82, 2.24) is 4.98 Å². The Labute approximate surface area is 116 Å². The highest BCUT2D eigenvalue weighted by atomic mass is 16.5. The molecule has 5 heteroatoms. The molecule has 0 unspecified atom stereocenters. The van der Waals surface area contributed by atoms with Crippen molar-refractivity contribution in [3.63, 3.8) is 0 Å². The van der Waals surface area contributed by atoms with E-state index in [1.54, 1.807) is 44.4 Å². The standard InChI is InChI=1S/C15H15NO4/c1-9-7-13(16-12(9)8-14(17)18)15(19)10-3-5-11(20-2)6-4-10/h3-7,16H,8H2,1-2H3,(H,17,18). The predicted molar refractivity (Wildman–Crippen MR) is 73.3 cm³/mol. The van der Waals surface area contributed by atoms with Crippen LogP contribution in [0.1, 0.15) is 27.3 Å². The predicted octanol–water partition coefficient (Wildman–Crippen LogP) is 2.19. The number of nitrogens with one attached hydrogen (secondary N) is 1. The van der Waals surface area contributed by atoms with Crippen molar-refractivity contribution >= 4 is 11.8 Å². The smallest absolute Gasteiger partial charge is 0.309 e. The molecule has 104 valence electrons. The molecular weight excluding hydrogens is 258 g/mol. The van der Waals surface area contributed by atoms with E-state index in [0.717, 1.165) is 5.56 Å². The van der Waals surface area contributed by atoms with Crippen LogP contribution in [0.25, 0.3) is 0 Å². The lowest BCUT2D eigenvalue weighted by atomic mass is 10.1. The zero-order chi connectivity index (χ0) is 14.7.